The second-order valence-electron chi connectivity index (χ2n) is 3.99. The zero-order valence-electron chi connectivity index (χ0n) is 10.4. The van der Waals surface area contributed by atoms with Crippen molar-refractivity contribution in [2.24, 2.45) is 0 Å². The van der Waals surface area contributed by atoms with Gasteiger partial charge in [0.15, 0.2) is 0 Å². The maximum atomic E-state index is 6.19. The summed E-state index contributed by atoms with van der Waals surface area (Å²) in [5.41, 5.74) is 7.78. The van der Waals surface area contributed by atoms with E-state index in [4.69, 9.17) is 17.3 Å². The third kappa shape index (κ3) is 2.14. The van der Waals surface area contributed by atoms with Crippen molar-refractivity contribution >= 4 is 17.4 Å². The van der Waals surface area contributed by atoms with Gasteiger partial charge in [0, 0.05) is 18.5 Å². The quantitative estimate of drug-likeness (QED) is 0.856. The molecular formula is C14H16ClN3. The molecule has 2 rings (SSSR count). The summed E-state index contributed by atoms with van der Waals surface area (Å²) in [6.45, 7) is 6.45. The van der Waals surface area contributed by atoms with Crippen LogP contribution in [0.1, 0.15) is 12.7 Å². The van der Waals surface area contributed by atoms with Crippen LogP contribution in [0.5, 0.6) is 0 Å². The standard InChI is InChI=1S/C14H16ClN3/c1-3-9-18-12(4-2)17-13(14(18)16)10-7-5-6-8-11(10)15/h3,5-8H,1,4,9,16H2,2H3. The molecule has 4 heteroatoms. The molecule has 1 heterocycles. The molecule has 0 bridgehead atoms. The highest BCUT2D eigenvalue weighted by Crippen LogP contribution is 2.31. The molecule has 2 N–H and O–H groups in total. The maximum Gasteiger partial charge on any atom is 0.132 e. The fraction of sp³-hybridized carbons (Fsp3) is 0.214. The van der Waals surface area contributed by atoms with Crippen LogP contribution >= 0.6 is 11.6 Å². The summed E-state index contributed by atoms with van der Waals surface area (Å²) in [5, 5.41) is 0.662. The van der Waals surface area contributed by atoms with Gasteiger partial charge in [-0.15, -0.1) is 6.58 Å². The zero-order valence-corrected chi connectivity index (χ0v) is 11.1. The van der Waals surface area contributed by atoms with Crippen LogP contribution in [0, 0.1) is 0 Å². The van der Waals surface area contributed by atoms with E-state index in [1.807, 2.05) is 34.9 Å². The number of nitrogens with zero attached hydrogens (tertiary/aromatic N) is 2. The fourth-order valence-electron chi connectivity index (χ4n) is 1.97. The van der Waals surface area contributed by atoms with Gasteiger partial charge in [-0.3, -0.25) is 0 Å². The number of imidazole rings is 1. The second-order valence-corrected chi connectivity index (χ2v) is 4.40. The third-order valence-electron chi connectivity index (χ3n) is 2.84. The number of benzene rings is 1. The minimum absolute atomic E-state index is 0.639. The lowest BCUT2D eigenvalue weighted by molar-refractivity contribution is 0.757. The van der Waals surface area contributed by atoms with Crippen molar-refractivity contribution in [3.8, 4) is 11.3 Å². The average Bonchev–Trinajstić information content (AvgIpc) is 2.68. The Morgan fingerprint density at radius 3 is 2.78 bits per heavy atom. The molecule has 0 atom stereocenters. The van der Waals surface area contributed by atoms with E-state index in [0.717, 1.165) is 23.5 Å². The molecule has 0 saturated carbocycles. The Bertz CT molecular complexity index is 572. The van der Waals surface area contributed by atoms with Crippen molar-refractivity contribution in [3.63, 3.8) is 0 Å². The summed E-state index contributed by atoms with van der Waals surface area (Å²) < 4.78 is 1.96. The van der Waals surface area contributed by atoms with Crippen LogP contribution in [-0.2, 0) is 13.0 Å². The zero-order chi connectivity index (χ0) is 13.1. The Kier molecular flexibility index (Phi) is 3.72. The lowest BCUT2D eigenvalue weighted by atomic mass is 10.1. The molecule has 1 aromatic heterocycles. The van der Waals surface area contributed by atoms with Gasteiger partial charge in [-0.2, -0.15) is 0 Å². The van der Waals surface area contributed by atoms with Crippen molar-refractivity contribution in [3.05, 3.63) is 47.8 Å². The number of nitrogen functional groups attached to an aromatic ring is 1. The number of halogens is 1. The molecule has 94 valence electrons. The number of nitrogens with two attached hydrogens (primary N) is 1. The predicted molar refractivity (Wildman–Crippen MR) is 76.7 cm³/mol. The number of allylic oxidation sites excluding steroid dienone is 1. The van der Waals surface area contributed by atoms with Gasteiger partial charge in [0.2, 0.25) is 0 Å². The Labute approximate surface area is 112 Å². The fourth-order valence-corrected chi connectivity index (χ4v) is 2.19. The molecule has 2 aromatic rings. The molecule has 0 unspecified atom stereocenters. The van der Waals surface area contributed by atoms with E-state index in [-0.39, 0.29) is 0 Å². The molecule has 0 aliphatic rings. The van der Waals surface area contributed by atoms with Gasteiger partial charge in [-0.05, 0) is 6.07 Å². The predicted octanol–water partition coefficient (Wildman–Crippen LogP) is 3.53. The Balaban J connectivity index is 2.59. The molecule has 0 saturated heterocycles. The lowest BCUT2D eigenvalue weighted by Crippen LogP contribution is -2.05. The monoisotopic (exact) mass is 261 g/mol. The molecule has 0 fully saturated rings. The highest BCUT2D eigenvalue weighted by Gasteiger charge is 2.15. The van der Waals surface area contributed by atoms with Crippen LogP contribution in [0.15, 0.2) is 36.9 Å². The number of anilines is 1. The molecule has 3 nitrogen and oxygen atoms in total. The first-order valence-electron chi connectivity index (χ1n) is 5.89. The first-order valence-corrected chi connectivity index (χ1v) is 6.27. The van der Waals surface area contributed by atoms with Crippen molar-refractivity contribution in [2.75, 3.05) is 5.73 Å². The molecule has 0 aliphatic heterocycles. The summed E-state index contributed by atoms with van der Waals surface area (Å²) in [4.78, 5) is 4.58. The van der Waals surface area contributed by atoms with Crippen LogP contribution < -0.4 is 5.73 Å². The molecule has 18 heavy (non-hydrogen) atoms. The van der Waals surface area contributed by atoms with E-state index in [2.05, 4.69) is 18.5 Å². The van der Waals surface area contributed by atoms with Gasteiger partial charge in [0.1, 0.15) is 17.3 Å². The second kappa shape index (κ2) is 5.27. The van der Waals surface area contributed by atoms with E-state index in [9.17, 15) is 0 Å². The van der Waals surface area contributed by atoms with Gasteiger partial charge >= 0.3 is 0 Å². The van der Waals surface area contributed by atoms with Gasteiger partial charge in [-0.25, -0.2) is 4.98 Å². The normalized spacial score (nSPS) is 10.6. The van der Waals surface area contributed by atoms with Crippen LogP contribution in [-0.4, -0.2) is 9.55 Å². The number of hydrogen-bond donors (Lipinski definition) is 1. The summed E-state index contributed by atoms with van der Waals surface area (Å²) >= 11 is 6.19. The van der Waals surface area contributed by atoms with Gasteiger partial charge in [0.05, 0.1) is 5.02 Å². The maximum absolute atomic E-state index is 6.19. The molecular weight excluding hydrogens is 246 g/mol. The smallest absolute Gasteiger partial charge is 0.132 e. The van der Waals surface area contributed by atoms with Crippen LogP contribution in [0.2, 0.25) is 5.02 Å². The van der Waals surface area contributed by atoms with Crippen molar-refractivity contribution in [1.29, 1.82) is 0 Å². The number of rotatable bonds is 4. The van der Waals surface area contributed by atoms with Crippen LogP contribution in [0.3, 0.4) is 0 Å². The minimum Gasteiger partial charge on any atom is -0.383 e. The SMILES string of the molecule is C=CCn1c(CC)nc(-c2ccccc2Cl)c1N. The van der Waals surface area contributed by atoms with Gasteiger partial charge < -0.3 is 10.3 Å². The summed E-state index contributed by atoms with van der Waals surface area (Å²) in [7, 11) is 0. The van der Waals surface area contributed by atoms with Crippen molar-refractivity contribution in [1.82, 2.24) is 9.55 Å². The molecule has 0 amide bonds. The molecule has 0 radical (unpaired) electrons. The molecule has 0 aliphatic carbocycles. The van der Waals surface area contributed by atoms with E-state index in [0.29, 0.717) is 17.4 Å². The minimum atomic E-state index is 0.639. The summed E-state index contributed by atoms with van der Waals surface area (Å²) in [6, 6.07) is 7.59. The van der Waals surface area contributed by atoms with E-state index >= 15 is 0 Å². The van der Waals surface area contributed by atoms with Crippen LogP contribution in [0.4, 0.5) is 5.82 Å². The van der Waals surface area contributed by atoms with E-state index in [1.54, 1.807) is 0 Å². The number of hydrogen-bond acceptors (Lipinski definition) is 2. The topological polar surface area (TPSA) is 43.8 Å². The van der Waals surface area contributed by atoms with Crippen molar-refractivity contribution in [2.45, 2.75) is 19.9 Å². The molecule has 0 spiro atoms. The first kappa shape index (κ1) is 12.7. The first-order chi connectivity index (χ1) is 8.69. The van der Waals surface area contributed by atoms with Crippen LogP contribution in [0.25, 0.3) is 11.3 Å². The van der Waals surface area contributed by atoms with E-state index in [1.165, 1.54) is 0 Å². The number of aromatic nitrogens is 2. The van der Waals surface area contributed by atoms with Gasteiger partial charge in [0.25, 0.3) is 0 Å². The third-order valence-corrected chi connectivity index (χ3v) is 3.17. The Morgan fingerprint density at radius 1 is 1.44 bits per heavy atom. The largest absolute Gasteiger partial charge is 0.383 e. The molecule has 1 aromatic carbocycles. The van der Waals surface area contributed by atoms with E-state index < -0.39 is 0 Å². The highest BCUT2D eigenvalue weighted by atomic mass is 35.5. The average molecular weight is 262 g/mol. The van der Waals surface area contributed by atoms with Gasteiger partial charge in [-0.1, -0.05) is 42.8 Å². The van der Waals surface area contributed by atoms with Crippen molar-refractivity contribution < 1.29 is 0 Å². The Hall–Kier alpha value is -1.74. The summed E-state index contributed by atoms with van der Waals surface area (Å²) in [5.74, 6) is 1.59. The summed E-state index contributed by atoms with van der Waals surface area (Å²) in [6.07, 6.45) is 2.63. The Morgan fingerprint density at radius 2 is 2.17 bits per heavy atom. The highest BCUT2D eigenvalue weighted by molar-refractivity contribution is 6.33. The lowest BCUT2D eigenvalue weighted by Gasteiger charge is -2.05. The number of aryl methyl sites for hydroxylation is 1.